The maximum atomic E-state index is 12.3. The summed E-state index contributed by atoms with van der Waals surface area (Å²) in [5, 5.41) is 2.92. The van der Waals surface area contributed by atoms with Crippen LogP contribution >= 0.6 is 0 Å². The molecule has 1 N–H and O–H groups in total. The van der Waals surface area contributed by atoms with Crippen LogP contribution in [0.25, 0.3) is 0 Å². The number of likely N-dealkylation sites (tertiary alicyclic amines) is 1. The van der Waals surface area contributed by atoms with Crippen molar-refractivity contribution in [2.75, 3.05) is 19.7 Å². The molecule has 5 nitrogen and oxygen atoms in total. The predicted octanol–water partition coefficient (Wildman–Crippen LogP) is 2.86. The molecule has 1 aliphatic heterocycles. The minimum Gasteiger partial charge on any atom is -0.490 e. The molecule has 1 fully saturated rings. The lowest BCUT2D eigenvalue weighted by Crippen LogP contribution is -2.55. The summed E-state index contributed by atoms with van der Waals surface area (Å²) in [6.07, 6.45) is 3.35. The summed E-state index contributed by atoms with van der Waals surface area (Å²) in [5.74, 6) is 1.19. The van der Waals surface area contributed by atoms with Crippen LogP contribution in [-0.2, 0) is 0 Å². The topological polar surface area (TPSA) is 54.5 Å². The highest BCUT2D eigenvalue weighted by molar-refractivity contribution is 5.75. The fourth-order valence-electron chi connectivity index (χ4n) is 2.92. The minimum atomic E-state index is -0.0354. The number of ether oxygens (including phenoxy) is 1. The highest BCUT2D eigenvalue weighted by Gasteiger charge is 2.39. The molecule has 1 aliphatic rings. The lowest BCUT2D eigenvalue weighted by atomic mass is 9.85. The van der Waals surface area contributed by atoms with E-state index in [1.807, 2.05) is 35.2 Å². The van der Waals surface area contributed by atoms with E-state index in [9.17, 15) is 4.79 Å². The molecule has 2 atom stereocenters. The number of hydrogen-bond donors (Lipinski definition) is 1. The zero-order chi connectivity index (χ0) is 16.1. The number of pyridine rings is 1. The van der Waals surface area contributed by atoms with Crippen molar-refractivity contribution in [1.82, 2.24) is 15.2 Å². The van der Waals surface area contributed by atoms with Gasteiger partial charge in [0.05, 0.1) is 18.8 Å². The number of nitrogens with zero attached hydrogens (tertiary/aromatic N) is 2. The summed E-state index contributed by atoms with van der Waals surface area (Å²) in [7, 11) is 0. The lowest BCUT2D eigenvalue weighted by molar-refractivity contribution is 0.0588. The molecule has 0 spiro atoms. The van der Waals surface area contributed by atoms with Gasteiger partial charge in [0.25, 0.3) is 0 Å². The van der Waals surface area contributed by atoms with Crippen molar-refractivity contribution in [2.45, 2.75) is 13.0 Å². The van der Waals surface area contributed by atoms with Crippen LogP contribution in [0.1, 0.15) is 18.5 Å². The van der Waals surface area contributed by atoms with E-state index in [2.05, 4.69) is 29.4 Å². The second-order valence-electron chi connectivity index (χ2n) is 5.75. The van der Waals surface area contributed by atoms with Gasteiger partial charge >= 0.3 is 6.03 Å². The standard InChI is InChI=1S/C18H21N3O2/c1-14-13-21(17(14)15-6-3-2-4-7-15)18(22)20-10-11-23-16-8-5-9-19-12-16/h2-9,12,14,17H,10-11,13H2,1H3,(H,20,22)/t14-,17-/m0/s1. The monoisotopic (exact) mass is 311 g/mol. The average Bonchev–Trinajstić information content (AvgIpc) is 2.58. The van der Waals surface area contributed by atoms with Crippen LogP contribution in [0.3, 0.4) is 0 Å². The smallest absolute Gasteiger partial charge is 0.318 e. The van der Waals surface area contributed by atoms with E-state index in [0.29, 0.717) is 24.8 Å². The number of hydrogen-bond acceptors (Lipinski definition) is 3. The van der Waals surface area contributed by atoms with Crippen molar-refractivity contribution in [3.8, 4) is 5.75 Å². The Hall–Kier alpha value is -2.56. The molecule has 2 heterocycles. The third-order valence-corrected chi connectivity index (χ3v) is 4.04. The van der Waals surface area contributed by atoms with Crippen LogP contribution in [0.5, 0.6) is 5.75 Å². The lowest BCUT2D eigenvalue weighted by Gasteiger charge is -2.46. The molecule has 0 radical (unpaired) electrons. The molecule has 120 valence electrons. The van der Waals surface area contributed by atoms with Gasteiger partial charge in [0, 0.05) is 12.7 Å². The fourth-order valence-corrected chi connectivity index (χ4v) is 2.92. The number of carbonyl (C=O) groups excluding carboxylic acids is 1. The van der Waals surface area contributed by atoms with E-state index < -0.39 is 0 Å². The fraction of sp³-hybridized carbons (Fsp3) is 0.333. The summed E-state index contributed by atoms with van der Waals surface area (Å²) < 4.78 is 5.52. The van der Waals surface area contributed by atoms with Gasteiger partial charge in [-0.05, 0) is 23.6 Å². The SMILES string of the molecule is C[C@H]1CN(C(=O)NCCOc2cccnc2)[C@@H]1c1ccccc1. The van der Waals surface area contributed by atoms with Crippen LogP contribution in [0, 0.1) is 5.92 Å². The van der Waals surface area contributed by atoms with Crippen molar-refractivity contribution >= 4 is 6.03 Å². The third kappa shape index (κ3) is 3.62. The Kier molecular flexibility index (Phi) is 4.76. The molecular weight excluding hydrogens is 290 g/mol. The van der Waals surface area contributed by atoms with Gasteiger partial charge in [0.15, 0.2) is 0 Å². The number of urea groups is 1. The molecule has 0 bridgehead atoms. The van der Waals surface area contributed by atoms with Gasteiger partial charge in [-0.25, -0.2) is 4.79 Å². The molecular formula is C18H21N3O2. The molecule has 5 heteroatoms. The largest absolute Gasteiger partial charge is 0.490 e. The summed E-state index contributed by atoms with van der Waals surface area (Å²) in [4.78, 5) is 18.2. The van der Waals surface area contributed by atoms with Gasteiger partial charge in [0.1, 0.15) is 12.4 Å². The number of amides is 2. The number of aromatic nitrogens is 1. The molecule has 1 aromatic heterocycles. The zero-order valence-corrected chi connectivity index (χ0v) is 13.2. The summed E-state index contributed by atoms with van der Waals surface area (Å²) in [6, 6.07) is 14.0. The molecule has 2 aromatic rings. The summed E-state index contributed by atoms with van der Waals surface area (Å²) in [5.41, 5.74) is 1.19. The Bertz CT molecular complexity index is 633. The molecule has 1 saturated heterocycles. The molecule has 0 aliphatic carbocycles. The average molecular weight is 311 g/mol. The second kappa shape index (κ2) is 7.13. The maximum Gasteiger partial charge on any atom is 0.318 e. The third-order valence-electron chi connectivity index (χ3n) is 4.04. The summed E-state index contributed by atoms with van der Waals surface area (Å²) >= 11 is 0. The van der Waals surface area contributed by atoms with Crippen LogP contribution in [-0.4, -0.2) is 35.6 Å². The molecule has 0 unspecified atom stereocenters. The highest BCUT2D eigenvalue weighted by atomic mass is 16.5. The van der Waals surface area contributed by atoms with Crippen LogP contribution in [0.2, 0.25) is 0 Å². The quantitative estimate of drug-likeness (QED) is 0.864. The van der Waals surface area contributed by atoms with Crippen molar-refractivity contribution < 1.29 is 9.53 Å². The van der Waals surface area contributed by atoms with E-state index in [0.717, 1.165) is 6.54 Å². The van der Waals surface area contributed by atoms with E-state index >= 15 is 0 Å². The first-order valence-corrected chi connectivity index (χ1v) is 7.88. The Morgan fingerprint density at radius 3 is 2.83 bits per heavy atom. The molecule has 0 saturated carbocycles. The van der Waals surface area contributed by atoms with E-state index in [1.165, 1.54) is 5.56 Å². The number of nitrogens with one attached hydrogen (secondary N) is 1. The Labute approximate surface area is 136 Å². The van der Waals surface area contributed by atoms with E-state index in [4.69, 9.17) is 4.74 Å². The predicted molar refractivity (Wildman–Crippen MR) is 88.2 cm³/mol. The highest BCUT2D eigenvalue weighted by Crippen LogP contribution is 2.38. The molecule has 2 amide bonds. The van der Waals surface area contributed by atoms with Crippen LogP contribution in [0.15, 0.2) is 54.9 Å². The van der Waals surface area contributed by atoms with Crippen molar-refractivity contribution in [3.05, 3.63) is 60.4 Å². The normalized spacial score (nSPS) is 19.8. The first-order chi connectivity index (χ1) is 11.3. The van der Waals surface area contributed by atoms with E-state index in [-0.39, 0.29) is 12.1 Å². The van der Waals surface area contributed by atoms with Crippen LogP contribution in [0.4, 0.5) is 4.79 Å². The Morgan fingerprint density at radius 1 is 1.30 bits per heavy atom. The van der Waals surface area contributed by atoms with E-state index in [1.54, 1.807) is 12.4 Å². The maximum absolute atomic E-state index is 12.3. The van der Waals surface area contributed by atoms with Gasteiger partial charge in [-0.3, -0.25) is 4.98 Å². The zero-order valence-electron chi connectivity index (χ0n) is 13.2. The first-order valence-electron chi connectivity index (χ1n) is 7.88. The second-order valence-corrected chi connectivity index (χ2v) is 5.75. The van der Waals surface area contributed by atoms with Crippen molar-refractivity contribution in [3.63, 3.8) is 0 Å². The van der Waals surface area contributed by atoms with Gasteiger partial charge < -0.3 is 15.0 Å². The van der Waals surface area contributed by atoms with Gasteiger partial charge in [-0.15, -0.1) is 0 Å². The van der Waals surface area contributed by atoms with Crippen molar-refractivity contribution in [1.29, 1.82) is 0 Å². The van der Waals surface area contributed by atoms with Gasteiger partial charge in [-0.2, -0.15) is 0 Å². The Balaban J connectivity index is 1.47. The molecule has 1 aromatic carbocycles. The van der Waals surface area contributed by atoms with Crippen molar-refractivity contribution in [2.24, 2.45) is 5.92 Å². The molecule has 23 heavy (non-hydrogen) atoms. The molecule has 3 rings (SSSR count). The minimum absolute atomic E-state index is 0.0354. The van der Waals surface area contributed by atoms with Gasteiger partial charge in [-0.1, -0.05) is 37.3 Å². The van der Waals surface area contributed by atoms with Crippen LogP contribution < -0.4 is 10.1 Å². The van der Waals surface area contributed by atoms with Gasteiger partial charge in [0.2, 0.25) is 0 Å². The number of carbonyl (C=O) groups is 1. The number of rotatable bonds is 5. The summed E-state index contributed by atoms with van der Waals surface area (Å²) in [6.45, 7) is 3.86. The number of benzene rings is 1. The first kappa shape index (κ1) is 15.3. The Morgan fingerprint density at radius 2 is 2.13 bits per heavy atom.